The molecule has 5 nitrogen and oxygen atoms in total. The molecule has 1 heterocycles. The number of nitrogens with zero attached hydrogens (tertiary/aromatic N) is 2. The molecule has 0 amide bonds. The Kier molecular flexibility index (Phi) is 5.18. The van der Waals surface area contributed by atoms with Crippen LogP contribution in [0.2, 0.25) is 0 Å². The number of hydrogen-bond acceptors (Lipinski definition) is 3. The Morgan fingerprint density at radius 3 is 2.67 bits per heavy atom. The molecule has 0 spiro atoms. The lowest BCUT2D eigenvalue weighted by atomic mass is 10.1. The lowest BCUT2D eigenvalue weighted by Gasteiger charge is -2.28. The number of aromatic nitrogens is 2. The molecule has 0 bridgehead atoms. The number of nitrogens with one attached hydrogen (secondary N) is 1. The molecule has 1 N–H and O–H groups in total. The maximum atomic E-state index is 12.8. The van der Waals surface area contributed by atoms with Crippen LogP contribution in [0.5, 0.6) is 0 Å². The molecule has 2 aromatic rings. The lowest BCUT2D eigenvalue weighted by Crippen LogP contribution is -2.34. The molecule has 2 rings (SSSR count). The largest absolute Gasteiger partial charge is 0.284 e. The van der Waals surface area contributed by atoms with Crippen LogP contribution in [0.3, 0.4) is 0 Å². The molecule has 1 unspecified atom stereocenters. The van der Waals surface area contributed by atoms with Gasteiger partial charge in [0.2, 0.25) is 10.0 Å². The highest BCUT2D eigenvalue weighted by atomic mass is 79.9. The van der Waals surface area contributed by atoms with Crippen LogP contribution in [0.1, 0.15) is 31.9 Å². The number of halogens is 1. The van der Waals surface area contributed by atoms with Crippen LogP contribution in [-0.2, 0) is 10.0 Å². The van der Waals surface area contributed by atoms with Gasteiger partial charge in [-0.3, -0.25) is 5.10 Å². The number of aromatic amines is 1. The second kappa shape index (κ2) is 6.72. The maximum Gasteiger partial charge on any atom is 0.246 e. The highest BCUT2D eigenvalue weighted by Gasteiger charge is 2.30. The van der Waals surface area contributed by atoms with Crippen molar-refractivity contribution in [2.75, 3.05) is 6.54 Å². The molecule has 0 aliphatic rings. The van der Waals surface area contributed by atoms with Crippen molar-refractivity contribution in [3.63, 3.8) is 0 Å². The van der Waals surface area contributed by atoms with E-state index in [1.165, 1.54) is 16.7 Å². The van der Waals surface area contributed by atoms with Gasteiger partial charge in [-0.25, -0.2) is 8.42 Å². The third-order valence-electron chi connectivity index (χ3n) is 3.31. The van der Waals surface area contributed by atoms with Gasteiger partial charge in [0.05, 0.1) is 6.20 Å². The fourth-order valence-electron chi connectivity index (χ4n) is 2.23. The average molecular weight is 372 g/mol. The topological polar surface area (TPSA) is 66.1 Å². The minimum absolute atomic E-state index is 0.190. The predicted octanol–water partition coefficient (Wildman–Crippen LogP) is 3.33. The monoisotopic (exact) mass is 371 g/mol. The van der Waals surface area contributed by atoms with Gasteiger partial charge in [-0.15, -0.1) is 0 Å². The summed E-state index contributed by atoms with van der Waals surface area (Å²) in [6, 6.07) is 7.41. The van der Waals surface area contributed by atoms with Gasteiger partial charge >= 0.3 is 0 Å². The Morgan fingerprint density at radius 1 is 1.38 bits per heavy atom. The van der Waals surface area contributed by atoms with Gasteiger partial charge in [0.1, 0.15) is 4.90 Å². The first-order valence-corrected chi connectivity index (χ1v) is 8.96. The Balaban J connectivity index is 2.42. The van der Waals surface area contributed by atoms with E-state index in [-0.39, 0.29) is 10.9 Å². The SMILES string of the molecule is CCCN(C(C)c1ccccc1Br)S(=O)(=O)c1cn[nH]c1. The quantitative estimate of drug-likeness (QED) is 0.846. The van der Waals surface area contributed by atoms with Crippen molar-refractivity contribution in [2.24, 2.45) is 0 Å². The minimum Gasteiger partial charge on any atom is -0.284 e. The highest BCUT2D eigenvalue weighted by Crippen LogP contribution is 2.31. The molecule has 0 radical (unpaired) electrons. The standard InChI is InChI=1S/C14H18BrN3O2S/c1-3-8-18(21(19,20)12-9-16-17-10-12)11(2)13-6-4-5-7-14(13)15/h4-7,9-11H,3,8H2,1-2H3,(H,16,17). The molecule has 114 valence electrons. The molecule has 1 atom stereocenters. The molecule has 0 fully saturated rings. The summed E-state index contributed by atoms with van der Waals surface area (Å²) in [5.41, 5.74) is 0.943. The van der Waals surface area contributed by atoms with Crippen molar-refractivity contribution < 1.29 is 8.42 Å². The van der Waals surface area contributed by atoms with E-state index < -0.39 is 10.0 Å². The Bertz CT molecular complexity index is 686. The summed E-state index contributed by atoms with van der Waals surface area (Å²) >= 11 is 3.49. The van der Waals surface area contributed by atoms with Crippen LogP contribution in [0, 0.1) is 0 Å². The van der Waals surface area contributed by atoms with Gasteiger partial charge in [0.15, 0.2) is 0 Å². The van der Waals surface area contributed by atoms with E-state index in [1.54, 1.807) is 0 Å². The van der Waals surface area contributed by atoms with Crippen LogP contribution in [-0.4, -0.2) is 29.5 Å². The summed E-state index contributed by atoms with van der Waals surface area (Å²) in [5.74, 6) is 0. The summed E-state index contributed by atoms with van der Waals surface area (Å²) in [5, 5.41) is 6.30. The molecule has 0 saturated carbocycles. The van der Waals surface area contributed by atoms with E-state index in [2.05, 4.69) is 26.1 Å². The first kappa shape index (κ1) is 16.2. The molecule has 0 aliphatic carbocycles. The smallest absolute Gasteiger partial charge is 0.246 e. The van der Waals surface area contributed by atoms with Crippen LogP contribution in [0.4, 0.5) is 0 Å². The number of rotatable bonds is 6. The molecule has 21 heavy (non-hydrogen) atoms. The fraction of sp³-hybridized carbons (Fsp3) is 0.357. The Morgan fingerprint density at radius 2 is 2.10 bits per heavy atom. The number of benzene rings is 1. The second-order valence-corrected chi connectivity index (χ2v) is 7.49. The van der Waals surface area contributed by atoms with Crippen molar-refractivity contribution in [3.05, 3.63) is 46.7 Å². The molecule has 0 saturated heterocycles. The minimum atomic E-state index is -3.57. The number of sulfonamides is 1. The first-order chi connectivity index (χ1) is 9.98. The van der Waals surface area contributed by atoms with Gasteiger partial charge in [-0.1, -0.05) is 41.1 Å². The maximum absolute atomic E-state index is 12.8. The molecule has 1 aromatic carbocycles. The van der Waals surface area contributed by atoms with Crippen LogP contribution >= 0.6 is 15.9 Å². The summed E-state index contributed by atoms with van der Waals surface area (Å²) in [4.78, 5) is 0.190. The Hall–Kier alpha value is -1.18. The van der Waals surface area contributed by atoms with E-state index in [9.17, 15) is 8.42 Å². The summed E-state index contributed by atoms with van der Waals surface area (Å²) in [7, 11) is -3.57. The van der Waals surface area contributed by atoms with Crippen molar-refractivity contribution in [1.29, 1.82) is 0 Å². The Labute approximate surface area is 133 Å². The second-order valence-electron chi connectivity index (χ2n) is 4.75. The van der Waals surface area contributed by atoms with E-state index >= 15 is 0 Å². The zero-order valence-electron chi connectivity index (χ0n) is 12.0. The zero-order valence-corrected chi connectivity index (χ0v) is 14.4. The fourth-order valence-corrected chi connectivity index (χ4v) is 4.45. The molecule has 1 aromatic heterocycles. The zero-order chi connectivity index (χ0) is 15.5. The van der Waals surface area contributed by atoms with Crippen molar-refractivity contribution in [3.8, 4) is 0 Å². The van der Waals surface area contributed by atoms with Crippen molar-refractivity contribution in [1.82, 2.24) is 14.5 Å². The van der Waals surface area contributed by atoms with E-state index in [0.29, 0.717) is 6.54 Å². The van der Waals surface area contributed by atoms with E-state index in [4.69, 9.17) is 0 Å². The van der Waals surface area contributed by atoms with Gasteiger partial charge in [-0.05, 0) is 25.0 Å². The van der Waals surface area contributed by atoms with E-state index in [0.717, 1.165) is 16.5 Å². The molecule has 7 heteroatoms. The summed E-state index contributed by atoms with van der Waals surface area (Å²) < 4.78 is 27.9. The van der Waals surface area contributed by atoms with Crippen molar-refractivity contribution >= 4 is 26.0 Å². The first-order valence-electron chi connectivity index (χ1n) is 6.73. The van der Waals surface area contributed by atoms with Crippen molar-refractivity contribution in [2.45, 2.75) is 31.2 Å². The molecular formula is C14H18BrN3O2S. The normalized spacial score (nSPS) is 13.5. The third-order valence-corrected chi connectivity index (χ3v) is 5.97. The summed E-state index contributed by atoms with van der Waals surface area (Å²) in [6.45, 7) is 4.31. The third kappa shape index (κ3) is 3.36. The van der Waals surface area contributed by atoms with Gasteiger partial charge in [0, 0.05) is 23.3 Å². The van der Waals surface area contributed by atoms with Crippen LogP contribution in [0.15, 0.2) is 46.0 Å². The summed E-state index contributed by atoms with van der Waals surface area (Å²) in [6.07, 6.45) is 3.49. The lowest BCUT2D eigenvalue weighted by molar-refractivity contribution is 0.341. The predicted molar refractivity (Wildman–Crippen MR) is 85.3 cm³/mol. The number of hydrogen-bond donors (Lipinski definition) is 1. The van der Waals surface area contributed by atoms with E-state index in [1.807, 2.05) is 38.1 Å². The van der Waals surface area contributed by atoms with Gasteiger partial charge in [0.25, 0.3) is 0 Å². The van der Waals surface area contributed by atoms with Gasteiger partial charge < -0.3 is 0 Å². The average Bonchev–Trinajstić information content (AvgIpc) is 2.99. The van der Waals surface area contributed by atoms with Crippen LogP contribution in [0.25, 0.3) is 0 Å². The highest BCUT2D eigenvalue weighted by molar-refractivity contribution is 9.10. The van der Waals surface area contributed by atoms with Crippen LogP contribution < -0.4 is 0 Å². The van der Waals surface area contributed by atoms with Gasteiger partial charge in [-0.2, -0.15) is 9.40 Å². The number of H-pyrrole nitrogens is 1. The molecule has 0 aliphatic heterocycles. The molecular weight excluding hydrogens is 354 g/mol.